The quantitative estimate of drug-likeness (QED) is 0.786. The van der Waals surface area contributed by atoms with Crippen molar-refractivity contribution in [1.29, 1.82) is 0 Å². The van der Waals surface area contributed by atoms with Crippen LogP contribution in [0.3, 0.4) is 0 Å². The molecule has 1 aliphatic rings. The number of aryl methyl sites for hydroxylation is 2. The van der Waals surface area contributed by atoms with Crippen LogP contribution in [-0.4, -0.2) is 13.7 Å². The van der Waals surface area contributed by atoms with Gasteiger partial charge in [-0.25, -0.2) is 0 Å². The van der Waals surface area contributed by atoms with E-state index < -0.39 is 0 Å². The van der Waals surface area contributed by atoms with E-state index in [-0.39, 0.29) is 0 Å². The van der Waals surface area contributed by atoms with Crippen LogP contribution in [0.25, 0.3) is 0 Å². The van der Waals surface area contributed by atoms with Gasteiger partial charge < -0.3 is 9.57 Å². The van der Waals surface area contributed by atoms with E-state index in [0.29, 0.717) is 6.54 Å². The third-order valence-electron chi connectivity index (χ3n) is 3.59. The van der Waals surface area contributed by atoms with Gasteiger partial charge >= 0.3 is 0 Å². The molecule has 18 heavy (non-hydrogen) atoms. The van der Waals surface area contributed by atoms with Crippen molar-refractivity contribution in [1.82, 2.24) is 5.48 Å². The summed E-state index contributed by atoms with van der Waals surface area (Å²) in [6.07, 6.45) is 3.99. The minimum absolute atomic E-state index is 0.680. The molecular formula is C15H23NO2. The standard InChI is InChI=1S/C15H23NO2/c1-11-7-12(2)15(14(8-11)9-16-17-3)18-10-13-5-4-6-13/h7-8,13,16H,4-6,9-10H2,1-3H3. The second kappa shape index (κ2) is 6.21. The summed E-state index contributed by atoms with van der Waals surface area (Å²) in [5.41, 5.74) is 6.54. The van der Waals surface area contributed by atoms with E-state index in [4.69, 9.17) is 9.57 Å². The Hall–Kier alpha value is -1.06. The first kappa shape index (κ1) is 13.4. The number of nitrogens with one attached hydrogen (secondary N) is 1. The molecule has 100 valence electrons. The van der Waals surface area contributed by atoms with Gasteiger partial charge in [0.2, 0.25) is 0 Å². The van der Waals surface area contributed by atoms with Gasteiger partial charge in [-0.05, 0) is 38.2 Å². The van der Waals surface area contributed by atoms with Crippen LogP contribution in [0.1, 0.15) is 36.0 Å². The Balaban J connectivity index is 2.08. The van der Waals surface area contributed by atoms with Crippen molar-refractivity contribution in [3.8, 4) is 5.75 Å². The molecule has 1 N–H and O–H groups in total. The summed E-state index contributed by atoms with van der Waals surface area (Å²) >= 11 is 0. The molecule has 0 aliphatic heterocycles. The predicted molar refractivity (Wildman–Crippen MR) is 72.6 cm³/mol. The molecule has 0 radical (unpaired) electrons. The molecule has 0 aromatic heterocycles. The molecule has 0 heterocycles. The van der Waals surface area contributed by atoms with E-state index in [9.17, 15) is 0 Å². The maximum atomic E-state index is 6.03. The van der Waals surface area contributed by atoms with E-state index in [0.717, 1.165) is 18.3 Å². The molecule has 1 aliphatic carbocycles. The number of hydrogen-bond donors (Lipinski definition) is 1. The van der Waals surface area contributed by atoms with E-state index >= 15 is 0 Å². The average Bonchev–Trinajstić information content (AvgIpc) is 2.26. The van der Waals surface area contributed by atoms with Crippen molar-refractivity contribution in [2.75, 3.05) is 13.7 Å². The van der Waals surface area contributed by atoms with E-state index in [2.05, 4.69) is 31.5 Å². The Labute approximate surface area is 109 Å². The van der Waals surface area contributed by atoms with Crippen LogP contribution in [0.15, 0.2) is 12.1 Å². The molecule has 1 saturated carbocycles. The second-order valence-electron chi connectivity index (χ2n) is 5.20. The summed E-state index contributed by atoms with van der Waals surface area (Å²) in [7, 11) is 1.64. The summed E-state index contributed by atoms with van der Waals surface area (Å²) in [6.45, 7) is 5.75. The highest BCUT2D eigenvalue weighted by atomic mass is 16.6. The molecule has 0 amide bonds. The molecule has 0 saturated heterocycles. The lowest BCUT2D eigenvalue weighted by atomic mass is 9.86. The fourth-order valence-electron chi connectivity index (χ4n) is 2.39. The highest BCUT2D eigenvalue weighted by Crippen LogP contribution is 2.30. The second-order valence-corrected chi connectivity index (χ2v) is 5.20. The van der Waals surface area contributed by atoms with Crippen molar-refractivity contribution >= 4 is 0 Å². The zero-order chi connectivity index (χ0) is 13.0. The highest BCUT2D eigenvalue weighted by Gasteiger charge is 2.19. The maximum absolute atomic E-state index is 6.03. The molecule has 1 aromatic rings. The van der Waals surface area contributed by atoms with Crippen LogP contribution in [0.4, 0.5) is 0 Å². The fraction of sp³-hybridized carbons (Fsp3) is 0.600. The largest absolute Gasteiger partial charge is 0.493 e. The molecule has 3 heteroatoms. The number of benzene rings is 1. The topological polar surface area (TPSA) is 30.5 Å². The summed E-state index contributed by atoms with van der Waals surface area (Å²) in [5.74, 6) is 1.78. The van der Waals surface area contributed by atoms with Crippen molar-refractivity contribution in [3.63, 3.8) is 0 Å². The van der Waals surface area contributed by atoms with Gasteiger partial charge in [0.15, 0.2) is 0 Å². The van der Waals surface area contributed by atoms with Crippen LogP contribution >= 0.6 is 0 Å². The first-order valence-corrected chi connectivity index (χ1v) is 6.69. The predicted octanol–water partition coefficient (Wildman–Crippen LogP) is 3.13. The van der Waals surface area contributed by atoms with Gasteiger partial charge in [-0.2, -0.15) is 5.48 Å². The molecular weight excluding hydrogens is 226 g/mol. The monoisotopic (exact) mass is 249 g/mol. The third kappa shape index (κ3) is 3.24. The molecule has 2 rings (SSSR count). The number of hydroxylamine groups is 1. The SMILES string of the molecule is CONCc1cc(C)cc(C)c1OCC1CCC1. The van der Waals surface area contributed by atoms with Crippen molar-refractivity contribution < 1.29 is 9.57 Å². The first-order chi connectivity index (χ1) is 8.70. The van der Waals surface area contributed by atoms with Crippen molar-refractivity contribution in [2.24, 2.45) is 5.92 Å². The minimum Gasteiger partial charge on any atom is -0.493 e. The molecule has 0 atom stereocenters. The molecule has 3 nitrogen and oxygen atoms in total. The number of hydrogen-bond acceptors (Lipinski definition) is 3. The van der Waals surface area contributed by atoms with Gasteiger partial charge in [0.25, 0.3) is 0 Å². The molecule has 0 bridgehead atoms. The van der Waals surface area contributed by atoms with E-state index in [1.54, 1.807) is 7.11 Å². The van der Waals surface area contributed by atoms with Crippen molar-refractivity contribution in [2.45, 2.75) is 39.7 Å². The van der Waals surface area contributed by atoms with Crippen LogP contribution in [0.5, 0.6) is 5.75 Å². The van der Waals surface area contributed by atoms with Gasteiger partial charge in [0.05, 0.1) is 13.7 Å². The number of ether oxygens (including phenoxy) is 1. The Bertz CT molecular complexity index is 400. The lowest BCUT2D eigenvalue weighted by Crippen LogP contribution is -2.20. The van der Waals surface area contributed by atoms with Crippen LogP contribution < -0.4 is 10.2 Å². The zero-order valence-electron chi connectivity index (χ0n) is 11.6. The van der Waals surface area contributed by atoms with Gasteiger partial charge in [0.1, 0.15) is 5.75 Å². The van der Waals surface area contributed by atoms with Gasteiger partial charge in [0, 0.05) is 12.1 Å². The normalized spacial score (nSPS) is 15.5. The molecule has 0 unspecified atom stereocenters. The van der Waals surface area contributed by atoms with E-state index in [1.807, 2.05) is 0 Å². The Morgan fingerprint density at radius 3 is 2.67 bits per heavy atom. The molecule has 1 fully saturated rings. The Morgan fingerprint density at radius 2 is 2.06 bits per heavy atom. The summed E-state index contributed by atoms with van der Waals surface area (Å²) in [4.78, 5) is 4.93. The van der Waals surface area contributed by atoms with E-state index in [1.165, 1.54) is 36.0 Å². The van der Waals surface area contributed by atoms with Gasteiger partial charge in [-0.1, -0.05) is 24.1 Å². The average molecular weight is 249 g/mol. The fourth-order valence-corrected chi connectivity index (χ4v) is 2.39. The summed E-state index contributed by atoms with van der Waals surface area (Å²) in [6, 6.07) is 4.33. The van der Waals surface area contributed by atoms with Crippen LogP contribution in [0, 0.1) is 19.8 Å². The lowest BCUT2D eigenvalue weighted by molar-refractivity contribution is 0.0854. The molecule has 0 spiro atoms. The maximum Gasteiger partial charge on any atom is 0.126 e. The van der Waals surface area contributed by atoms with Crippen LogP contribution in [0.2, 0.25) is 0 Å². The van der Waals surface area contributed by atoms with Gasteiger partial charge in [-0.15, -0.1) is 0 Å². The lowest BCUT2D eigenvalue weighted by Gasteiger charge is -2.26. The van der Waals surface area contributed by atoms with Crippen molar-refractivity contribution in [3.05, 3.63) is 28.8 Å². The zero-order valence-corrected chi connectivity index (χ0v) is 11.6. The Kier molecular flexibility index (Phi) is 4.61. The molecule has 1 aromatic carbocycles. The summed E-state index contributed by atoms with van der Waals surface area (Å²) in [5, 5.41) is 0. The number of rotatable bonds is 6. The highest BCUT2D eigenvalue weighted by molar-refractivity contribution is 5.43. The van der Waals surface area contributed by atoms with Crippen LogP contribution in [-0.2, 0) is 11.4 Å². The third-order valence-corrected chi connectivity index (χ3v) is 3.59. The summed E-state index contributed by atoms with van der Waals surface area (Å²) < 4.78 is 6.03. The smallest absolute Gasteiger partial charge is 0.126 e. The first-order valence-electron chi connectivity index (χ1n) is 6.69. The Morgan fingerprint density at radius 1 is 1.28 bits per heavy atom. The minimum atomic E-state index is 0.680. The van der Waals surface area contributed by atoms with Gasteiger partial charge in [-0.3, -0.25) is 0 Å².